The quantitative estimate of drug-likeness (QED) is 0.837. The number of benzene rings is 1. The highest BCUT2D eigenvalue weighted by molar-refractivity contribution is 5.73. The maximum atomic E-state index is 12.2. The van der Waals surface area contributed by atoms with E-state index in [0.717, 1.165) is 31.1 Å². The first-order valence-electron chi connectivity index (χ1n) is 8.56. The zero-order valence-electron chi connectivity index (χ0n) is 14.9. The number of ether oxygens (including phenoxy) is 1. The lowest BCUT2D eigenvalue weighted by atomic mass is 10.0. The number of carbonyl (C=O) groups excluding carboxylic acids is 1. The van der Waals surface area contributed by atoms with Crippen molar-refractivity contribution in [3.63, 3.8) is 0 Å². The van der Waals surface area contributed by atoms with Crippen LogP contribution >= 0.6 is 0 Å². The molecule has 1 atom stereocenters. The van der Waals surface area contributed by atoms with Gasteiger partial charge in [0.05, 0.1) is 7.11 Å². The van der Waals surface area contributed by atoms with Gasteiger partial charge >= 0.3 is 6.03 Å². The number of piperidine rings is 1. The number of urea groups is 1. The van der Waals surface area contributed by atoms with Crippen molar-refractivity contribution in [2.24, 2.45) is 5.92 Å². The van der Waals surface area contributed by atoms with Gasteiger partial charge in [0.25, 0.3) is 0 Å². The van der Waals surface area contributed by atoms with Crippen molar-refractivity contribution in [2.75, 3.05) is 40.3 Å². The largest absolute Gasteiger partial charge is 0.504 e. The first-order valence-corrected chi connectivity index (χ1v) is 8.56. The van der Waals surface area contributed by atoms with Crippen LogP contribution in [0, 0.1) is 5.92 Å². The number of phenolic OH excluding ortho intramolecular Hbond substituents is 1. The van der Waals surface area contributed by atoms with Crippen LogP contribution in [0.5, 0.6) is 11.5 Å². The Kier molecular flexibility index (Phi) is 6.73. The van der Waals surface area contributed by atoms with Crippen LogP contribution in [0.1, 0.15) is 25.3 Å². The van der Waals surface area contributed by atoms with Crippen molar-refractivity contribution in [1.82, 2.24) is 15.1 Å². The molecule has 0 bridgehead atoms. The molecule has 0 aromatic heterocycles. The fraction of sp³-hybridized carbons (Fsp3) is 0.611. The predicted octanol–water partition coefficient (Wildman–Crippen LogP) is 2.27. The van der Waals surface area contributed by atoms with E-state index in [2.05, 4.69) is 17.1 Å². The van der Waals surface area contributed by atoms with Crippen molar-refractivity contribution in [3.05, 3.63) is 23.8 Å². The maximum absolute atomic E-state index is 12.2. The molecule has 6 nitrogen and oxygen atoms in total. The van der Waals surface area contributed by atoms with E-state index in [1.54, 1.807) is 24.1 Å². The third-order valence-electron chi connectivity index (χ3n) is 4.46. The highest BCUT2D eigenvalue weighted by atomic mass is 16.5. The molecule has 1 aromatic rings. The molecule has 0 spiro atoms. The van der Waals surface area contributed by atoms with Gasteiger partial charge in [0.1, 0.15) is 0 Å². The zero-order valence-corrected chi connectivity index (χ0v) is 14.9. The molecule has 134 valence electrons. The Hall–Kier alpha value is -1.95. The van der Waals surface area contributed by atoms with Crippen LogP contribution in [0.3, 0.4) is 0 Å². The van der Waals surface area contributed by atoms with E-state index >= 15 is 0 Å². The minimum absolute atomic E-state index is 0.0861. The fourth-order valence-corrected chi connectivity index (χ4v) is 3.13. The normalized spacial score (nSPS) is 18.2. The smallest absolute Gasteiger partial charge is 0.317 e. The van der Waals surface area contributed by atoms with Gasteiger partial charge in [0, 0.05) is 33.2 Å². The summed E-state index contributed by atoms with van der Waals surface area (Å²) in [4.78, 5) is 16.2. The lowest BCUT2D eigenvalue weighted by molar-refractivity contribution is 0.178. The summed E-state index contributed by atoms with van der Waals surface area (Å²) in [5, 5.41) is 12.8. The number of hydrogen-bond donors (Lipinski definition) is 2. The summed E-state index contributed by atoms with van der Waals surface area (Å²) >= 11 is 0. The number of nitrogens with one attached hydrogen (secondary N) is 1. The van der Waals surface area contributed by atoms with Gasteiger partial charge in [-0.15, -0.1) is 0 Å². The van der Waals surface area contributed by atoms with Crippen molar-refractivity contribution in [3.8, 4) is 11.5 Å². The number of hydrogen-bond acceptors (Lipinski definition) is 4. The lowest BCUT2D eigenvalue weighted by Gasteiger charge is -2.31. The molecule has 0 radical (unpaired) electrons. The Labute approximate surface area is 144 Å². The number of carbonyl (C=O) groups is 1. The minimum Gasteiger partial charge on any atom is -0.504 e. The molecule has 24 heavy (non-hydrogen) atoms. The molecule has 6 heteroatoms. The molecule has 2 rings (SSSR count). The molecule has 2 N–H and O–H groups in total. The standard InChI is InChI=1S/C18H29N3O3/c1-14-5-4-9-21(12-14)10-8-19-18(23)20(2)13-15-6-7-17(24-3)16(22)11-15/h6-7,11,14,22H,4-5,8-10,12-13H2,1-3H3,(H,19,23). The summed E-state index contributed by atoms with van der Waals surface area (Å²) < 4.78 is 5.02. The molecule has 1 unspecified atom stereocenters. The number of likely N-dealkylation sites (tertiary alicyclic amines) is 1. The van der Waals surface area contributed by atoms with E-state index in [9.17, 15) is 9.90 Å². The molecule has 1 heterocycles. The van der Waals surface area contributed by atoms with Gasteiger partial charge < -0.3 is 25.0 Å². The second-order valence-electron chi connectivity index (χ2n) is 6.64. The Morgan fingerprint density at radius 1 is 1.50 bits per heavy atom. The van der Waals surface area contributed by atoms with Crippen LogP contribution in [-0.2, 0) is 6.54 Å². The number of aromatic hydroxyl groups is 1. The minimum atomic E-state index is -0.102. The summed E-state index contributed by atoms with van der Waals surface area (Å²) in [6, 6.07) is 5.07. The van der Waals surface area contributed by atoms with Crippen LogP contribution < -0.4 is 10.1 Å². The number of phenols is 1. The Bertz CT molecular complexity index is 550. The summed E-state index contributed by atoms with van der Waals surface area (Å²) in [6.07, 6.45) is 2.55. The summed E-state index contributed by atoms with van der Waals surface area (Å²) in [7, 11) is 3.26. The van der Waals surface area contributed by atoms with Crippen molar-refractivity contribution < 1.29 is 14.6 Å². The Morgan fingerprint density at radius 2 is 2.29 bits per heavy atom. The Morgan fingerprint density at radius 3 is 2.96 bits per heavy atom. The van der Waals surface area contributed by atoms with Gasteiger partial charge in [0.2, 0.25) is 0 Å². The predicted molar refractivity (Wildman–Crippen MR) is 94.4 cm³/mol. The number of nitrogens with zero attached hydrogens (tertiary/aromatic N) is 2. The van der Waals surface area contributed by atoms with E-state index in [-0.39, 0.29) is 11.8 Å². The van der Waals surface area contributed by atoms with Crippen molar-refractivity contribution in [1.29, 1.82) is 0 Å². The third kappa shape index (κ3) is 5.30. The summed E-state index contributed by atoms with van der Waals surface area (Å²) in [6.45, 7) is 6.52. The van der Waals surface area contributed by atoms with Gasteiger partial charge in [-0.25, -0.2) is 4.79 Å². The van der Waals surface area contributed by atoms with Crippen LogP contribution in [0.4, 0.5) is 4.79 Å². The topological polar surface area (TPSA) is 65.0 Å². The molecular formula is C18H29N3O3. The molecule has 1 aliphatic rings. The highest BCUT2D eigenvalue weighted by Crippen LogP contribution is 2.26. The highest BCUT2D eigenvalue weighted by Gasteiger charge is 2.16. The third-order valence-corrected chi connectivity index (χ3v) is 4.46. The second-order valence-corrected chi connectivity index (χ2v) is 6.64. The number of methoxy groups -OCH3 is 1. The van der Waals surface area contributed by atoms with E-state index in [1.807, 2.05) is 6.07 Å². The SMILES string of the molecule is COc1ccc(CN(C)C(=O)NCCN2CCCC(C)C2)cc1O. The van der Waals surface area contributed by atoms with Gasteiger partial charge in [-0.2, -0.15) is 0 Å². The average molecular weight is 335 g/mol. The van der Waals surface area contributed by atoms with Crippen LogP contribution in [0.25, 0.3) is 0 Å². The van der Waals surface area contributed by atoms with Crippen molar-refractivity contribution in [2.45, 2.75) is 26.3 Å². The molecule has 1 fully saturated rings. The first kappa shape index (κ1) is 18.4. The molecule has 1 saturated heterocycles. The van der Waals surface area contributed by atoms with Gasteiger partial charge in [0.15, 0.2) is 11.5 Å². The second kappa shape index (κ2) is 8.78. The molecule has 1 aliphatic heterocycles. The van der Waals surface area contributed by atoms with E-state index in [1.165, 1.54) is 20.0 Å². The van der Waals surface area contributed by atoms with Crippen LogP contribution in [0.15, 0.2) is 18.2 Å². The van der Waals surface area contributed by atoms with Crippen LogP contribution in [0.2, 0.25) is 0 Å². The first-order chi connectivity index (χ1) is 11.5. The van der Waals surface area contributed by atoms with Gasteiger partial charge in [-0.05, 0) is 43.0 Å². The van der Waals surface area contributed by atoms with Gasteiger partial charge in [-0.3, -0.25) is 0 Å². The molecule has 2 amide bonds. The van der Waals surface area contributed by atoms with E-state index in [4.69, 9.17) is 4.74 Å². The zero-order chi connectivity index (χ0) is 17.5. The van der Waals surface area contributed by atoms with Gasteiger partial charge in [-0.1, -0.05) is 13.0 Å². The van der Waals surface area contributed by atoms with E-state index < -0.39 is 0 Å². The lowest BCUT2D eigenvalue weighted by Crippen LogP contribution is -2.43. The number of rotatable bonds is 6. The van der Waals surface area contributed by atoms with Crippen molar-refractivity contribution >= 4 is 6.03 Å². The van der Waals surface area contributed by atoms with Crippen LogP contribution in [-0.4, -0.2) is 61.3 Å². The Balaban J connectivity index is 1.74. The number of amides is 2. The molecule has 1 aromatic carbocycles. The average Bonchev–Trinajstić information content (AvgIpc) is 2.55. The molecular weight excluding hydrogens is 306 g/mol. The van der Waals surface area contributed by atoms with E-state index in [0.29, 0.717) is 18.8 Å². The fourth-order valence-electron chi connectivity index (χ4n) is 3.13. The monoisotopic (exact) mass is 335 g/mol. The maximum Gasteiger partial charge on any atom is 0.317 e. The summed E-state index contributed by atoms with van der Waals surface area (Å²) in [5.74, 6) is 1.27. The molecule has 0 aliphatic carbocycles. The molecule has 0 saturated carbocycles. The summed E-state index contributed by atoms with van der Waals surface area (Å²) in [5.41, 5.74) is 0.857.